The lowest BCUT2D eigenvalue weighted by molar-refractivity contribution is 0.416. The van der Waals surface area contributed by atoms with Crippen molar-refractivity contribution >= 4 is 11.3 Å². The van der Waals surface area contributed by atoms with E-state index >= 15 is 0 Å². The van der Waals surface area contributed by atoms with Crippen LogP contribution in [0.1, 0.15) is 11.1 Å². The van der Waals surface area contributed by atoms with E-state index in [1.54, 1.807) is 18.4 Å². The summed E-state index contributed by atoms with van der Waals surface area (Å²) in [6.07, 6.45) is 0. The zero-order valence-corrected chi connectivity index (χ0v) is 9.89. The van der Waals surface area contributed by atoms with Gasteiger partial charge < -0.3 is 4.74 Å². The average Bonchev–Trinajstić information content (AvgIpc) is 2.74. The molecule has 0 saturated carbocycles. The van der Waals surface area contributed by atoms with Crippen LogP contribution in [0, 0.1) is 13.8 Å². The molecule has 0 atom stereocenters. The standard InChI is InChI=1S/C12H13NOS/c1-8-4-10(11-6-15-7-13-11)12(14-3)5-9(8)2/h4-7H,1-3H3. The third-order valence-electron chi connectivity index (χ3n) is 2.52. The van der Waals surface area contributed by atoms with E-state index in [9.17, 15) is 0 Å². The van der Waals surface area contributed by atoms with Gasteiger partial charge in [0.1, 0.15) is 5.75 Å². The number of benzene rings is 1. The van der Waals surface area contributed by atoms with Crippen molar-refractivity contribution in [1.82, 2.24) is 4.98 Å². The molecule has 0 aliphatic carbocycles. The van der Waals surface area contributed by atoms with Crippen LogP contribution < -0.4 is 4.74 Å². The molecule has 0 amide bonds. The molecule has 0 fully saturated rings. The number of ether oxygens (including phenoxy) is 1. The molecule has 0 aliphatic heterocycles. The van der Waals surface area contributed by atoms with Crippen LogP contribution in [-0.2, 0) is 0 Å². The van der Waals surface area contributed by atoms with Gasteiger partial charge in [0.15, 0.2) is 0 Å². The zero-order chi connectivity index (χ0) is 10.8. The molecule has 2 aromatic rings. The monoisotopic (exact) mass is 219 g/mol. The summed E-state index contributed by atoms with van der Waals surface area (Å²) in [5.74, 6) is 0.893. The van der Waals surface area contributed by atoms with E-state index < -0.39 is 0 Å². The minimum absolute atomic E-state index is 0.893. The molecule has 3 heteroatoms. The Kier molecular flexibility index (Phi) is 2.73. The topological polar surface area (TPSA) is 22.1 Å². The summed E-state index contributed by atoms with van der Waals surface area (Å²) < 4.78 is 5.37. The molecule has 1 heterocycles. The number of nitrogens with zero attached hydrogens (tertiary/aromatic N) is 1. The molecule has 78 valence electrons. The third-order valence-corrected chi connectivity index (χ3v) is 3.11. The minimum atomic E-state index is 0.893. The highest BCUT2D eigenvalue weighted by molar-refractivity contribution is 7.07. The number of methoxy groups -OCH3 is 1. The lowest BCUT2D eigenvalue weighted by Gasteiger charge is -2.09. The Morgan fingerprint density at radius 3 is 2.53 bits per heavy atom. The SMILES string of the molecule is COc1cc(C)c(C)cc1-c1cscn1. The van der Waals surface area contributed by atoms with Gasteiger partial charge in [-0.3, -0.25) is 0 Å². The molecule has 0 spiro atoms. The maximum absolute atomic E-state index is 5.37. The van der Waals surface area contributed by atoms with Crippen molar-refractivity contribution in [2.45, 2.75) is 13.8 Å². The van der Waals surface area contributed by atoms with Crippen molar-refractivity contribution < 1.29 is 4.74 Å². The third kappa shape index (κ3) is 1.88. The Bertz CT molecular complexity index is 463. The van der Waals surface area contributed by atoms with Crippen LogP contribution in [0.15, 0.2) is 23.0 Å². The maximum atomic E-state index is 5.37. The van der Waals surface area contributed by atoms with Crippen molar-refractivity contribution in [3.05, 3.63) is 34.2 Å². The Morgan fingerprint density at radius 1 is 1.20 bits per heavy atom. The first kappa shape index (κ1) is 10.2. The van der Waals surface area contributed by atoms with E-state index in [1.807, 2.05) is 10.9 Å². The molecule has 0 radical (unpaired) electrons. The van der Waals surface area contributed by atoms with E-state index in [0.717, 1.165) is 17.0 Å². The average molecular weight is 219 g/mol. The summed E-state index contributed by atoms with van der Waals surface area (Å²) in [6, 6.07) is 4.19. The van der Waals surface area contributed by atoms with Crippen molar-refractivity contribution in [1.29, 1.82) is 0 Å². The summed E-state index contributed by atoms with van der Waals surface area (Å²) >= 11 is 1.60. The van der Waals surface area contributed by atoms with E-state index in [4.69, 9.17) is 4.74 Å². The molecule has 2 rings (SSSR count). The minimum Gasteiger partial charge on any atom is -0.496 e. The van der Waals surface area contributed by atoms with E-state index in [2.05, 4.69) is 31.0 Å². The second-order valence-corrected chi connectivity index (χ2v) is 4.23. The Balaban J connectivity index is 2.60. The second kappa shape index (κ2) is 4.03. The Morgan fingerprint density at radius 2 is 1.93 bits per heavy atom. The van der Waals surface area contributed by atoms with Gasteiger partial charge in [-0.1, -0.05) is 0 Å². The van der Waals surface area contributed by atoms with Gasteiger partial charge in [-0.15, -0.1) is 11.3 Å². The van der Waals surface area contributed by atoms with Crippen LogP contribution in [0.4, 0.5) is 0 Å². The van der Waals surface area contributed by atoms with Crippen LogP contribution in [0.25, 0.3) is 11.3 Å². The van der Waals surface area contributed by atoms with Gasteiger partial charge in [0.05, 0.1) is 18.3 Å². The number of hydrogen-bond donors (Lipinski definition) is 0. The number of aryl methyl sites for hydroxylation is 2. The molecule has 15 heavy (non-hydrogen) atoms. The predicted molar refractivity (Wildman–Crippen MR) is 63.6 cm³/mol. The number of hydrogen-bond acceptors (Lipinski definition) is 3. The molecule has 0 aliphatic rings. The summed E-state index contributed by atoms with van der Waals surface area (Å²) in [6.45, 7) is 4.19. The van der Waals surface area contributed by atoms with Gasteiger partial charge in [-0.2, -0.15) is 0 Å². The highest BCUT2D eigenvalue weighted by Gasteiger charge is 2.09. The molecule has 0 N–H and O–H groups in total. The molecule has 0 saturated heterocycles. The van der Waals surface area contributed by atoms with Gasteiger partial charge in [-0.05, 0) is 37.1 Å². The van der Waals surface area contributed by atoms with Crippen LogP contribution >= 0.6 is 11.3 Å². The van der Waals surface area contributed by atoms with Gasteiger partial charge in [0, 0.05) is 10.9 Å². The lowest BCUT2D eigenvalue weighted by atomic mass is 10.0. The fraction of sp³-hybridized carbons (Fsp3) is 0.250. The normalized spacial score (nSPS) is 10.3. The number of aromatic nitrogens is 1. The van der Waals surface area contributed by atoms with Crippen LogP contribution in [-0.4, -0.2) is 12.1 Å². The van der Waals surface area contributed by atoms with Crippen molar-refractivity contribution in [3.8, 4) is 17.0 Å². The number of thiazole rings is 1. The second-order valence-electron chi connectivity index (χ2n) is 3.51. The van der Waals surface area contributed by atoms with Crippen LogP contribution in [0.2, 0.25) is 0 Å². The van der Waals surface area contributed by atoms with E-state index in [1.165, 1.54) is 11.1 Å². The van der Waals surface area contributed by atoms with E-state index in [-0.39, 0.29) is 0 Å². The summed E-state index contributed by atoms with van der Waals surface area (Å²) in [4.78, 5) is 4.30. The first-order chi connectivity index (χ1) is 7.22. The molecule has 0 unspecified atom stereocenters. The fourth-order valence-corrected chi connectivity index (χ4v) is 2.06. The van der Waals surface area contributed by atoms with Crippen molar-refractivity contribution in [2.75, 3.05) is 7.11 Å². The summed E-state index contributed by atoms with van der Waals surface area (Å²) in [5.41, 5.74) is 6.40. The summed E-state index contributed by atoms with van der Waals surface area (Å²) in [7, 11) is 1.69. The highest BCUT2D eigenvalue weighted by atomic mass is 32.1. The predicted octanol–water partition coefficient (Wildman–Crippen LogP) is 3.44. The zero-order valence-electron chi connectivity index (χ0n) is 9.07. The van der Waals surface area contributed by atoms with Gasteiger partial charge in [0.2, 0.25) is 0 Å². The molecule has 2 nitrogen and oxygen atoms in total. The molecular weight excluding hydrogens is 206 g/mol. The first-order valence-corrected chi connectivity index (χ1v) is 5.70. The molecular formula is C12H13NOS. The quantitative estimate of drug-likeness (QED) is 0.772. The fourth-order valence-electron chi connectivity index (χ4n) is 1.50. The first-order valence-electron chi connectivity index (χ1n) is 4.76. The van der Waals surface area contributed by atoms with E-state index in [0.29, 0.717) is 0 Å². The van der Waals surface area contributed by atoms with Crippen molar-refractivity contribution in [3.63, 3.8) is 0 Å². The van der Waals surface area contributed by atoms with Gasteiger partial charge >= 0.3 is 0 Å². The van der Waals surface area contributed by atoms with Gasteiger partial charge in [0.25, 0.3) is 0 Å². The number of rotatable bonds is 2. The molecule has 1 aromatic carbocycles. The molecule has 0 bridgehead atoms. The Hall–Kier alpha value is -1.35. The maximum Gasteiger partial charge on any atom is 0.128 e. The van der Waals surface area contributed by atoms with Crippen molar-refractivity contribution in [2.24, 2.45) is 0 Å². The smallest absolute Gasteiger partial charge is 0.128 e. The molecule has 1 aromatic heterocycles. The van der Waals surface area contributed by atoms with Crippen LogP contribution in [0.3, 0.4) is 0 Å². The van der Waals surface area contributed by atoms with Crippen LogP contribution in [0.5, 0.6) is 5.75 Å². The summed E-state index contributed by atoms with van der Waals surface area (Å²) in [5, 5.41) is 2.03. The highest BCUT2D eigenvalue weighted by Crippen LogP contribution is 2.32. The largest absolute Gasteiger partial charge is 0.496 e. The Labute approximate surface area is 93.6 Å². The van der Waals surface area contributed by atoms with Gasteiger partial charge in [-0.25, -0.2) is 4.98 Å². The lowest BCUT2D eigenvalue weighted by Crippen LogP contribution is -1.91.